The molecule has 23 heavy (non-hydrogen) atoms. The van der Waals surface area contributed by atoms with Crippen LogP contribution in [0.3, 0.4) is 0 Å². The van der Waals surface area contributed by atoms with Crippen molar-refractivity contribution in [3.8, 4) is 5.75 Å². The Hall–Kier alpha value is -2.11. The Balaban J connectivity index is 1.71. The van der Waals surface area contributed by atoms with Gasteiger partial charge in [0.2, 0.25) is 5.91 Å². The van der Waals surface area contributed by atoms with Crippen molar-refractivity contribution in [1.82, 2.24) is 9.80 Å². The second kappa shape index (κ2) is 5.83. The molecule has 2 aliphatic rings. The highest BCUT2D eigenvalue weighted by Gasteiger charge is 2.42. The maximum Gasteiger partial charge on any atom is 0.253 e. The Kier molecular flexibility index (Phi) is 4.00. The van der Waals surface area contributed by atoms with E-state index in [4.69, 9.17) is 0 Å². The molecule has 1 saturated heterocycles. The van der Waals surface area contributed by atoms with Crippen molar-refractivity contribution in [2.45, 2.75) is 25.3 Å². The molecule has 5 nitrogen and oxygen atoms in total. The summed E-state index contributed by atoms with van der Waals surface area (Å²) in [6.45, 7) is 0.749. The summed E-state index contributed by atoms with van der Waals surface area (Å²) >= 11 is 0. The first-order chi connectivity index (χ1) is 10.9. The molecule has 0 spiro atoms. The number of nitrogens with zero attached hydrogens (tertiary/aromatic N) is 2. The largest absolute Gasteiger partial charge is 0.505 e. The van der Waals surface area contributed by atoms with Crippen LogP contribution in [0.15, 0.2) is 18.2 Å². The van der Waals surface area contributed by atoms with E-state index in [0.717, 1.165) is 31.5 Å². The van der Waals surface area contributed by atoms with Gasteiger partial charge in [-0.25, -0.2) is 4.39 Å². The Labute approximate surface area is 134 Å². The van der Waals surface area contributed by atoms with Gasteiger partial charge < -0.3 is 14.9 Å². The van der Waals surface area contributed by atoms with E-state index >= 15 is 0 Å². The predicted octanol–water partition coefficient (Wildman–Crippen LogP) is 1.86. The second-order valence-corrected chi connectivity index (χ2v) is 6.71. The lowest BCUT2D eigenvalue weighted by molar-refractivity contribution is -0.134. The SMILES string of the molecule is CN1C[C@@H]2C[C@H](N(C)C(=O)c3ccc(F)c(O)c3)C[C@@H]2CC1=O. The molecule has 0 unspecified atom stereocenters. The normalized spacial score (nSPS) is 27.0. The summed E-state index contributed by atoms with van der Waals surface area (Å²) in [4.78, 5) is 27.8. The van der Waals surface area contributed by atoms with Gasteiger partial charge in [0, 0.05) is 38.7 Å². The molecule has 2 amide bonds. The fourth-order valence-electron chi connectivity index (χ4n) is 3.82. The lowest BCUT2D eigenvalue weighted by Gasteiger charge is -2.31. The van der Waals surface area contributed by atoms with E-state index in [1.165, 1.54) is 6.07 Å². The average Bonchev–Trinajstić information content (AvgIpc) is 2.91. The van der Waals surface area contributed by atoms with Crippen molar-refractivity contribution in [2.75, 3.05) is 20.6 Å². The Morgan fingerprint density at radius 2 is 2.04 bits per heavy atom. The lowest BCUT2D eigenvalue weighted by atomic mass is 9.88. The molecule has 2 fully saturated rings. The molecular formula is C17H21FN2O3. The number of aromatic hydroxyl groups is 1. The number of likely N-dealkylation sites (tertiary alicyclic amines) is 1. The van der Waals surface area contributed by atoms with Gasteiger partial charge in [0.25, 0.3) is 5.91 Å². The van der Waals surface area contributed by atoms with Crippen molar-refractivity contribution in [2.24, 2.45) is 11.8 Å². The molecule has 1 aromatic rings. The molecule has 1 aliphatic carbocycles. The van der Waals surface area contributed by atoms with Crippen LogP contribution in [-0.2, 0) is 4.79 Å². The number of phenols is 1. The van der Waals surface area contributed by atoms with Crippen molar-refractivity contribution in [1.29, 1.82) is 0 Å². The number of carbonyl (C=O) groups excluding carboxylic acids is 2. The van der Waals surface area contributed by atoms with Gasteiger partial charge in [-0.2, -0.15) is 0 Å². The zero-order valence-electron chi connectivity index (χ0n) is 13.3. The number of fused-ring (bicyclic) bond motifs is 1. The number of hydrogen-bond donors (Lipinski definition) is 1. The first-order valence-electron chi connectivity index (χ1n) is 7.86. The highest BCUT2D eigenvalue weighted by Crippen LogP contribution is 2.40. The fraction of sp³-hybridized carbons (Fsp3) is 0.529. The summed E-state index contributed by atoms with van der Waals surface area (Å²) in [5.74, 6) is -0.553. The van der Waals surface area contributed by atoms with Crippen LogP contribution in [0, 0.1) is 17.7 Å². The van der Waals surface area contributed by atoms with E-state index in [1.807, 2.05) is 7.05 Å². The number of rotatable bonds is 2. The number of hydrogen-bond acceptors (Lipinski definition) is 3. The molecule has 0 aromatic heterocycles. The molecule has 3 atom stereocenters. The monoisotopic (exact) mass is 320 g/mol. The summed E-state index contributed by atoms with van der Waals surface area (Å²) in [6.07, 6.45) is 2.24. The summed E-state index contributed by atoms with van der Waals surface area (Å²) < 4.78 is 13.1. The Bertz CT molecular complexity index is 649. The number of benzene rings is 1. The van der Waals surface area contributed by atoms with Crippen LogP contribution in [0.2, 0.25) is 0 Å². The molecule has 124 valence electrons. The van der Waals surface area contributed by atoms with Gasteiger partial charge in [-0.15, -0.1) is 0 Å². The third-order valence-corrected chi connectivity index (χ3v) is 5.25. The van der Waals surface area contributed by atoms with Crippen molar-refractivity contribution < 1.29 is 19.1 Å². The maximum atomic E-state index is 13.1. The van der Waals surface area contributed by atoms with Gasteiger partial charge in [-0.1, -0.05) is 0 Å². The summed E-state index contributed by atoms with van der Waals surface area (Å²) in [5.41, 5.74) is 0.273. The topological polar surface area (TPSA) is 60.9 Å². The number of piperidine rings is 1. The highest BCUT2D eigenvalue weighted by molar-refractivity contribution is 5.94. The number of amides is 2. The molecule has 6 heteroatoms. The standard InChI is InChI=1S/C17H21FN2O3/c1-19-9-12-6-13(5-11(12)8-16(19)22)20(2)17(23)10-3-4-14(18)15(21)7-10/h3-4,7,11-13,21H,5-6,8-9H2,1-2H3/t11-,12+,13-/m1/s1. The van der Waals surface area contributed by atoms with Crippen molar-refractivity contribution in [3.63, 3.8) is 0 Å². The van der Waals surface area contributed by atoms with Crippen LogP contribution in [-0.4, -0.2) is 53.4 Å². The van der Waals surface area contributed by atoms with E-state index < -0.39 is 11.6 Å². The van der Waals surface area contributed by atoms with Gasteiger partial charge in [0.1, 0.15) is 0 Å². The zero-order valence-corrected chi connectivity index (χ0v) is 13.3. The van der Waals surface area contributed by atoms with Crippen molar-refractivity contribution >= 4 is 11.8 Å². The highest BCUT2D eigenvalue weighted by atomic mass is 19.1. The van der Waals surface area contributed by atoms with Crippen LogP contribution in [0.5, 0.6) is 5.75 Å². The average molecular weight is 320 g/mol. The maximum absolute atomic E-state index is 13.1. The smallest absolute Gasteiger partial charge is 0.253 e. The van der Waals surface area contributed by atoms with E-state index in [0.29, 0.717) is 18.3 Å². The number of phenolic OH excluding ortho intramolecular Hbond substituents is 1. The van der Waals surface area contributed by atoms with Gasteiger partial charge in [0.05, 0.1) is 0 Å². The summed E-state index contributed by atoms with van der Waals surface area (Å²) in [7, 11) is 3.55. The van der Waals surface area contributed by atoms with E-state index in [1.54, 1.807) is 16.8 Å². The molecule has 0 radical (unpaired) electrons. The molecule has 1 saturated carbocycles. The van der Waals surface area contributed by atoms with Crippen LogP contribution in [0.25, 0.3) is 0 Å². The molecule has 0 bridgehead atoms. The lowest BCUT2D eigenvalue weighted by Crippen LogP contribution is -2.39. The van der Waals surface area contributed by atoms with E-state index in [9.17, 15) is 19.1 Å². The van der Waals surface area contributed by atoms with E-state index in [-0.39, 0.29) is 23.4 Å². The van der Waals surface area contributed by atoms with E-state index in [2.05, 4.69) is 0 Å². The summed E-state index contributed by atoms with van der Waals surface area (Å²) in [5, 5.41) is 9.43. The Morgan fingerprint density at radius 1 is 1.35 bits per heavy atom. The minimum Gasteiger partial charge on any atom is -0.505 e. The van der Waals surface area contributed by atoms with Crippen LogP contribution in [0.1, 0.15) is 29.6 Å². The summed E-state index contributed by atoms with van der Waals surface area (Å²) in [6, 6.07) is 3.71. The molecule has 3 rings (SSSR count). The predicted molar refractivity (Wildman–Crippen MR) is 82.4 cm³/mol. The van der Waals surface area contributed by atoms with Crippen LogP contribution >= 0.6 is 0 Å². The first kappa shape index (κ1) is 15.8. The molecule has 1 heterocycles. The molecule has 1 N–H and O–H groups in total. The van der Waals surface area contributed by atoms with Gasteiger partial charge in [-0.05, 0) is 42.9 Å². The van der Waals surface area contributed by atoms with Gasteiger partial charge in [-0.3, -0.25) is 9.59 Å². The van der Waals surface area contributed by atoms with Crippen LogP contribution < -0.4 is 0 Å². The quantitative estimate of drug-likeness (QED) is 0.905. The minimum atomic E-state index is -0.738. The molecule has 1 aliphatic heterocycles. The van der Waals surface area contributed by atoms with Crippen LogP contribution in [0.4, 0.5) is 4.39 Å². The number of halogens is 1. The fourth-order valence-corrected chi connectivity index (χ4v) is 3.82. The minimum absolute atomic E-state index is 0.0731. The third-order valence-electron chi connectivity index (χ3n) is 5.25. The number of carbonyl (C=O) groups is 2. The van der Waals surface area contributed by atoms with Crippen molar-refractivity contribution in [3.05, 3.63) is 29.6 Å². The van der Waals surface area contributed by atoms with Gasteiger partial charge in [0.15, 0.2) is 11.6 Å². The molecular weight excluding hydrogens is 299 g/mol. The first-order valence-corrected chi connectivity index (χ1v) is 7.86. The Morgan fingerprint density at radius 3 is 2.74 bits per heavy atom. The zero-order chi connectivity index (χ0) is 16.7. The second-order valence-electron chi connectivity index (χ2n) is 6.71. The van der Waals surface area contributed by atoms with Gasteiger partial charge >= 0.3 is 0 Å². The molecule has 1 aromatic carbocycles. The third kappa shape index (κ3) is 2.90.